The molecule has 0 saturated heterocycles. The molecule has 1 N–H and O–H groups in total. The highest BCUT2D eigenvalue weighted by Crippen LogP contribution is 2.22. The molecule has 122 valence electrons. The van der Waals surface area contributed by atoms with Gasteiger partial charge in [-0.3, -0.25) is 9.69 Å². The first kappa shape index (κ1) is 14.9. The average molecular weight is 321 g/mol. The summed E-state index contributed by atoms with van der Waals surface area (Å²) in [5.74, 6) is 0.0698. The lowest BCUT2D eigenvalue weighted by atomic mass is 9.94. The van der Waals surface area contributed by atoms with Crippen LogP contribution in [-0.4, -0.2) is 35.6 Å². The van der Waals surface area contributed by atoms with Crippen molar-refractivity contribution in [3.63, 3.8) is 0 Å². The summed E-state index contributed by atoms with van der Waals surface area (Å²) in [7, 11) is 2.09. The third kappa shape index (κ3) is 2.67. The van der Waals surface area contributed by atoms with E-state index in [4.69, 9.17) is 4.52 Å². The fourth-order valence-corrected chi connectivity index (χ4v) is 3.29. The molecule has 0 saturated carbocycles. The zero-order valence-corrected chi connectivity index (χ0v) is 13.5. The largest absolute Gasteiger partial charge is 0.350 e. The zero-order valence-electron chi connectivity index (χ0n) is 13.5. The number of carbonyl (C=O) groups is 1. The van der Waals surface area contributed by atoms with Gasteiger partial charge in [-0.25, -0.2) is 0 Å². The Morgan fingerprint density at radius 1 is 1.21 bits per heavy atom. The maximum absolute atomic E-state index is 12.5. The van der Waals surface area contributed by atoms with E-state index in [2.05, 4.69) is 46.7 Å². The molecule has 2 heterocycles. The quantitative estimate of drug-likeness (QED) is 0.805. The molecule has 5 heteroatoms. The molecule has 0 aliphatic carbocycles. The summed E-state index contributed by atoms with van der Waals surface area (Å²) >= 11 is 0. The minimum absolute atomic E-state index is 0.212. The molecule has 4 rings (SSSR count). The molecule has 1 atom stereocenters. The summed E-state index contributed by atoms with van der Waals surface area (Å²) in [5.41, 5.74) is 3.43. The predicted molar refractivity (Wildman–Crippen MR) is 91.7 cm³/mol. The normalized spacial score (nSPS) is 17.6. The Hall–Kier alpha value is -2.66. The van der Waals surface area contributed by atoms with Crippen molar-refractivity contribution in [3.8, 4) is 0 Å². The SMILES string of the molecule is CN1Cc2ccccc2C[C@@H]1CNC(=O)c1onc2ccccc12. The number of likely N-dealkylation sites (N-methyl/N-ethyl adjacent to an activating group) is 1. The Balaban J connectivity index is 1.46. The van der Waals surface area contributed by atoms with Crippen molar-refractivity contribution in [1.29, 1.82) is 0 Å². The highest BCUT2D eigenvalue weighted by atomic mass is 16.5. The van der Waals surface area contributed by atoms with Crippen LogP contribution in [0.1, 0.15) is 21.7 Å². The Kier molecular flexibility index (Phi) is 3.78. The van der Waals surface area contributed by atoms with E-state index < -0.39 is 0 Å². The van der Waals surface area contributed by atoms with Crippen LogP contribution in [-0.2, 0) is 13.0 Å². The molecular weight excluding hydrogens is 302 g/mol. The number of benzene rings is 2. The van der Waals surface area contributed by atoms with E-state index in [1.807, 2.05) is 24.3 Å². The number of nitrogens with zero attached hydrogens (tertiary/aromatic N) is 2. The number of hydrogen-bond acceptors (Lipinski definition) is 4. The van der Waals surface area contributed by atoms with Gasteiger partial charge in [0.25, 0.3) is 5.91 Å². The lowest BCUT2D eigenvalue weighted by molar-refractivity contribution is 0.0900. The zero-order chi connectivity index (χ0) is 16.5. The first-order valence-electron chi connectivity index (χ1n) is 8.12. The Morgan fingerprint density at radius 2 is 1.96 bits per heavy atom. The third-order valence-corrected chi connectivity index (χ3v) is 4.71. The van der Waals surface area contributed by atoms with E-state index in [1.54, 1.807) is 0 Å². The van der Waals surface area contributed by atoms with Gasteiger partial charge in [0.15, 0.2) is 0 Å². The number of nitrogens with one attached hydrogen (secondary N) is 1. The topological polar surface area (TPSA) is 58.4 Å². The Labute approximate surface area is 140 Å². The summed E-state index contributed by atoms with van der Waals surface area (Å²) in [6.45, 7) is 1.49. The van der Waals surface area contributed by atoms with E-state index in [0.717, 1.165) is 18.4 Å². The van der Waals surface area contributed by atoms with Gasteiger partial charge in [0.1, 0.15) is 5.52 Å². The van der Waals surface area contributed by atoms with Crippen molar-refractivity contribution in [2.75, 3.05) is 13.6 Å². The molecule has 1 aromatic heterocycles. The second-order valence-electron chi connectivity index (χ2n) is 6.28. The molecule has 24 heavy (non-hydrogen) atoms. The summed E-state index contributed by atoms with van der Waals surface area (Å²) in [6.07, 6.45) is 0.935. The van der Waals surface area contributed by atoms with E-state index in [0.29, 0.717) is 12.1 Å². The summed E-state index contributed by atoms with van der Waals surface area (Å²) < 4.78 is 5.22. The van der Waals surface area contributed by atoms with Crippen molar-refractivity contribution >= 4 is 16.8 Å². The molecule has 0 radical (unpaired) electrons. The van der Waals surface area contributed by atoms with Crippen molar-refractivity contribution in [2.45, 2.75) is 19.0 Å². The monoisotopic (exact) mass is 321 g/mol. The first-order valence-corrected chi connectivity index (χ1v) is 8.12. The molecular formula is C19H19N3O2. The van der Waals surface area contributed by atoms with Crippen molar-refractivity contribution in [1.82, 2.24) is 15.4 Å². The van der Waals surface area contributed by atoms with Crippen molar-refractivity contribution in [2.24, 2.45) is 0 Å². The molecule has 1 amide bonds. The van der Waals surface area contributed by atoms with Crippen LogP contribution >= 0.6 is 0 Å². The van der Waals surface area contributed by atoms with Gasteiger partial charge in [0, 0.05) is 19.1 Å². The number of amides is 1. The van der Waals surface area contributed by atoms with Crippen LogP contribution in [0.15, 0.2) is 53.1 Å². The van der Waals surface area contributed by atoms with Gasteiger partial charge in [0.05, 0.1) is 5.39 Å². The maximum atomic E-state index is 12.5. The molecule has 5 nitrogen and oxygen atoms in total. The summed E-state index contributed by atoms with van der Waals surface area (Å²) in [4.78, 5) is 14.7. The van der Waals surface area contributed by atoms with Crippen LogP contribution in [0, 0.1) is 0 Å². The fourth-order valence-electron chi connectivity index (χ4n) is 3.29. The molecule has 1 aliphatic rings. The number of aromatic nitrogens is 1. The van der Waals surface area contributed by atoms with Gasteiger partial charge in [-0.05, 0) is 36.7 Å². The highest BCUT2D eigenvalue weighted by Gasteiger charge is 2.24. The van der Waals surface area contributed by atoms with Crippen LogP contribution in [0.4, 0.5) is 0 Å². The molecule has 0 unspecified atom stereocenters. The van der Waals surface area contributed by atoms with Crippen LogP contribution in [0.2, 0.25) is 0 Å². The van der Waals surface area contributed by atoms with E-state index in [1.165, 1.54) is 11.1 Å². The van der Waals surface area contributed by atoms with Gasteiger partial charge < -0.3 is 9.84 Å². The standard InChI is InChI=1S/C19H19N3O2/c1-22-12-14-7-3-2-6-13(14)10-15(22)11-20-19(23)18-16-8-4-5-9-17(16)21-24-18/h2-9,15H,10-12H2,1H3,(H,20,23)/t15-/m1/s1. The summed E-state index contributed by atoms with van der Waals surface area (Å²) in [5, 5.41) is 7.67. The van der Waals surface area contributed by atoms with Crippen LogP contribution in [0.5, 0.6) is 0 Å². The minimum Gasteiger partial charge on any atom is -0.350 e. The average Bonchev–Trinajstić information content (AvgIpc) is 3.04. The van der Waals surface area contributed by atoms with Gasteiger partial charge in [-0.15, -0.1) is 0 Å². The second-order valence-corrected chi connectivity index (χ2v) is 6.28. The maximum Gasteiger partial charge on any atom is 0.290 e. The Morgan fingerprint density at radius 3 is 2.83 bits per heavy atom. The number of rotatable bonds is 3. The van der Waals surface area contributed by atoms with Gasteiger partial charge >= 0.3 is 0 Å². The van der Waals surface area contributed by atoms with Crippen LogP contribution in [0.25, 0.3) is 10.9 Å². The first-order chi connectivity index (χ1) is 11.7. The van der Waals surface area contributed by atoms with Crippen molar-refractivity contribution < 1.29 is 9.32 Å². The van der Waals surface area contributed by atoms with Gasteiger partial charge in [0.2, 0.25) is 5.76 Å². The number of hydrogen-bond donors (Lipinski definition) is 1. The Bertz CT molecular complexity index is 887. The minimum atomic E-state index is -0.212. The molecule has 0 spiro atoms. The number of carbonyl (C=O) groups excluding carboxylic acids is 1. The molecule has 2 aromatic carbocycles. The van der Waals surface area contributed by atoms with Gasteiger partial charge in [-0.1, -0.05) is 41.6 Å². The van der Waals surface area contributed by atoms with E-state index in [9.17, 15) is 4.79 Å². The van der Waals surface area contributed by atoms with Crippen LogP contribution < -0.4 is 5.32 Å². The summed E-state index contributed by atoms with van der Waals surface area (Å²) in [6, 6.07) is 16.2. The molecule has 1 aliphatic heterocycles. The second kappa shape index (κ2) is 6.09. The predicted octanol–water partition coefficient (Wildman–Crippen LogP) is 2.61. The van der Waals surface area contributed by atoms with Crippen LogP contribution in [0.3, 0.4) is 0 Å². The molecule has 3 aromatic rings. The molecule has 0 bridgehead atoms. The molecule has 0 fully saturated rings. The lowest BCUT2D eigenvalue weighted by Gasteiger charge is -2.34. The van der Waals surface area contributed by atoms with Gasteiger partial charge in [-0.2, -0.15) is 0 Å². The lowest BCUT2D eigenvalue weighted by Crippen LogP contribution is -2.45. The van der Waals surface area contributed by atoms with E-state index in [-0.39, 0.29) is 17.7 Å². The van der Waals surface area contributed by atoms with E-state index >= 15 is 0 Å². The van der Waals surface area contributed by atoms with Crippen molar-refractivity contribution in [3.05, 3.63) is 65.4 Å². The number of fused-ring (bicyclic) bond motifs is 2. The smallest absolute Gasteiger partial charge is 0.290 e. The highest BCUT2D eigenvalue weighted by molar-refractivity contribution is 6.03. The third-order valence-electron chi connectivity index (χ3n) is 4.71. The fraction of sp³-hybridized carbons (Fsp3) is 0.263.